The van der Waals surface area contributed by atoms with Crippen LogP contribution in [0.3, 0.4) is 0 Å². The van der Waals surface area contributed by atoms with Gasteiger partial charge in [0.25, 0.3) is 0 Å². The van der Waals surface area contributed by atoms with Crippen LogP contribution in [0.4, 0.5) is 0 Å². The molecule has 0 aliphatic carbocycles. The van der Waals surface area contributed by atoms with Gasteiger partial charge in [-0.2, -0.15) is 0 Å². The lowest BCUT2D eigenvalue weighted by atomic mass is 10.5. The first kappa shape index (κ1) is 11.6. The summed E-state index contributed by atoms with van der Waals surface area (Å²) in [4.78, 5) is 3.80. The van der Waals surface area contributed by atoms with Gasteiger partial charge in [0, 0.05) is 0 Å². The molecule has 1 aromatic heterocycles. The molecule has 0 spiro atoms. The highest BCUT2D eigenvalue weighted by Crippen LogP contribution is 2.27. The SMILES string of the molecule is C[Si](C)c1c(Cl)c(Cl)nc(Cl)c1Cl. The van der Waals surface area contributed by atoms with Crippen LogP contribution in [0.2, 0.25) is 33.4 Å². The Balaban J connectivity index is 3.46. The van der Waals surface area contributed by atoms with E-state index in [0.29, 0.717) is 10.0 Å². The van der Waals surface area contributed by atoms with Crippen molar-refractivity contribution in [2.24, 2.45) is 0 Å². The molecule has 0 N–H and O–H groups in total. The maximum atomic E-state index is 5.95. The normalized spacial score (nSPS) is 11.0. The zero-order chi connectivity index (χ0) is 10.2. The number of nitrogens with zero attached hydrogens (tertiary/aromatic N) is 1. The molecule has 0 saturated heterocycles. The van der Waals surface area contributed by atoms with Crippen molar-refractivity contribution in [1.29, 1.82) is 0 Å². The molecule has 1 radical (unpaired) electrons. The van der Waals surface area contributed by atoms with Crippen LogP contribution in [-0.4, -0.2) is 13.8 Å². The third kappa shape index (κ3) is 2.31. The smallest absolute Gasteiger partial charge is 0.149 e. The fourth-order valence-corrected chi connectivity index (χ4v) is 4.06. The molecule has 0 bridgehead atoms. The molecule has 0 unspecified atom stereocenters. The minimum Gasteiger partial charge on any atom is -0.221 e. The van der Waals surface area contributed by atoms with Crippen molar-refractivity contribution in [2.75, 3.05) is 0 Å². The molecule has 13 heavy (non-hydrogen) atoms. The van der Waals surface area contributed by atoms with Gasteiger partial charge in [0.05, 0.1) is 18.8 Å². The quantitative estimate of drug-likeness (QED) is 0.562. The maximum Gasteiger partial charge on any atom is 0.149 e. The lowest BCUT2D eigenvalue weighted by Gasteiger charge is -2.10. The van der Waals surface area contributed by atoms with Gasteiger partial charge in [-0.1, -0.05) is 59.5 Å². The molecule has 1 aromatic rings. The maximum absolute atomic E-state index is 5.95. The van der Waals surface area contributed by atoms with E-state index in [2.05, 4.69) is 18.1 Å². The molecule has 0 saturated carbocycles. The summed E-state index contributed by atoms with van der Waals surface area (Å²) >= 11 is 23.4. The summed E-state index contributed by atoms with van der Waals surface area (Å²) < 4.78 is 0. The highest BCUT2D eigenvalue weighted by atomic mass is 35.5. The average molecular weight is 274 g/mol. The molecule has 0 aliphatic rings. The Bertz CT molecular complexity index is 314. The van der Waals surface area contributed by atoms with E-state index in [1.165, 1.54) is 0 Å². The summed E-state index contributed by atoms with van der Waals surface area (Å²) in [6, 6.07) is 0. The highest BCUT2D eigenvalue weighted by molar-refractivity contribution is 6.76. The van der Waals surface area contributed by atoms with Crippen molar-refractivity contribution < 1.29 is 0 Å². The minimum absolute atomic E-state index is 0.220. The van der Waals surface area contributed by atoms with Crippen LogP contribution in [0.25, 0.3) is 0 Å². The summed E-state index contributed by atoms with van der Waals surface area (Å²) in [6.07, 6.45) is 0. The molecule has 1 rings (SSSR count). The largest absolute Gasteiger partial charge is 0.221 e. The average Bonchev–Trinajstić information content (AvgIpc) is 2.01. The van der Waals surface area contributed by atoms with Crippen LogP contribution in [0, 0.1) is 0 Å². The Morgan fingerprint density at radius 2 is 1.31 bits per heavy atom. The predicted octanol–water partition coefficient (Wildman–Crippen LogP) is 3.66. The number of hydrogen-bond donors (Lipinski definition) is 0. The Labute approximate surface area is 98.6 Å². The molecule has 1 heterocycles. The fourth-order valence-electron chi connectivity index (χ4n) is 0.926. The third-order valence-corrected chi connectivity index (χ3v) is 4.79. The van der Waals surface area contributed by atoms with Crippen molar-refractivity contribution >= 4 is 60.4 Å². The second-order valence-corrected chi connectivity index (χ2v) is 6.67. The van der Waals surface area contributed by atoms with Gasteiger partial charge >= 0.3 is 0 Å². The van der Waals surface area contributed by atoms with Gasteiger partial charge < -0.3 is 0 Å². The highest BCUT2D eigenvalue weighted by Gasteiger charge is 2.18. The van der Waals surface area contributed by atoms with Gasteiger partial charge in [-0.05, 0) is 5.19 Å². The summed E-state index contributed by atoms with van der Waals surface area (Å²) in [7, 11) is -0.789. The second-order valence-electron chi connectivity index (χ2n) is 2.70. The van der Waals surface area contributed by atoms with Gasteiger partial charge in [-0.25, -0.2) is 4.98 Å². The summed E-state index contributed by atoms with van der Waals surface area (Å²) in [5.74, 6) is 0. The molecule has 71 valence electrons. The number of pyridine rings is 1. The molecule has 0 aromatic carbocycles. The zero-order valence-corrected chi connectivity index (χ0v) is 11.0. The van der Waals surface area contributed by atoms with Crippen molar-refractivity contribution in [2.45, 2.75) is 13.1 Å². The Kier molecular flexibility index (Phi) is 3.90. The van der Waals surface area contributed by atoms with E-state index >= 15 is 0 Å². The van der Waals surface area contributed by atoms with Crippen LogP contribution in [0.1, 0.15) is 0 Å². The fraction of sp³-hybridized carbons (Fsp3) is 0.286. The Hall–Kier alpha value is 0.527. The Morgan fingerprint density at radius 1 is 0.923 bits per heavy atom. The number of hydrogen-bond acceptors (Lipinski definition) is 1. The van der Waals surface area contributed by atoms with E-state index in [4.69, 9.17) is 46.4 Å². The van der Waals surface area contributed by atoms with Crippen molar-refractivity contribution in [1.82, 2.24) is 4.98 Å². The van der Waals surface area contributed by atoms with Crippen LogP contribution < -0.4 is 5.19 Å². The van der Waals surface area contributed by atoms with E-state index in [9.17, 15) is 0 Å². The van der Waals surface area contributed by atoms with Crippen molar-refractivity contribution in [3.05, 3.63) is 20.4 Å². The second kappa shape index (κ2) is 4.37. The molecule has 1 nitrogen and oxygen atoms in total. The van der Waals surface area contributed by atoms with Gasteiger partial charge in [0.15, 0.2) is 0 Å². The van der Waals surface area contributed by atoms with Crippen LogP contribution in [-0.2, 0) is 0 Å². The van der Waals surface area contributed by atoms with Crippen LogP contribution in [0.5, 0.6) is 0 Å². The monoisotopic (exact) mass is 272 g/mol. The van der Waals surface area contributed by atoms with Crippen molar-refractivity contribution in [3.63, 3.8) is 0 Å². The summed E-state index contributed by atoms with van der Waals surface area (Å²) in [6.45, 7) is 4.12. The molecule has 0 atom stereocenters. The van der Waals surface area contributed by atoms with Gasteiger partial charge in [0.1, 0.15) is 10.3 Å². The van der Waals surface area contributed by atoms with E-state index in [1.807, 2.05) is 0 Å². The number of halogens is 4. The van der Waals surface area contributed by atoms with Gasteiger partial charge in [-0.3, -0.25) is 0 Å². The van der Waals surface area contributed by atoms with Crippen LogP contribution >= 0.6 is 46.4 Å². The molecular weight excluding hydrogens is 268 g/mol. The third-order valence-electron chi connectivity index (χ3n) is 1.50. The van der Waals surface area contributed by atoms with E-state index in [-0.39, 0.29) is 10.3 Å². The standard InChI is InChI=1S/C7H6Cl4NSi/c1-13(2)5-3(8)6(10)12-7(11)4(5)9/h1-2H3. The summed E-state index contributed by atoms with van der Waals surface area (Å²) in [5.41, 5.74) is 0. The lowest BCUT2D eigenvalue weighted by molar-refractivity contribution is 1.34. The van der Waals surface area contributed by atoms with Crippen molar-refractivity contribution in [3.8, 4) is 0 Å². The van der Waals surface area contributed by atoms with Gasteiger partial charge in [-0.15, -0.1) is 0 Å². The topological polar surface area (TPSA) is 12.9 Å². The van der Waals surface area contributed by atoms with Gasteiger partial charge in [0.2, 0.25) is 0 Å². The lowest BCUT2D eigenvalue weighted by Crippen LogP contribution is -2.26. The molecule has 6 heteroatoms. The molecule has 0 aliphatic heterocycles. The first-order valence-electron chi connectivity index (χ1n) is 3.45. The first-order valence-corrected chi connectivity index (χ1v) is 7.47. The number of rotatable bonds is 1. The number of aromatic nitrogens is 1. The van der Waals surface area contributed by atoms with E-state index in [0.717, 1.165) is 5.19 Å². The predicted molar refractivity (Wildman–Crippen MR) is 61.4 cm³/mol. The zero-order valence-electron chi connectivity index (χ0n) is 6.96. The molecule has 0 fully saturated rings. The molecule has 0 amide bonds. The summed E-state index contributed by atoms with van der Waals surface area (Å²) in [5, 5.41) is 2.14. The Morgan fingerprint density at radius 3 is 1.62 bits per heavy atom. The van der Waals surface area contributed by atoms with E-state index in [1.54, 1.807) is 0 Å². The first-order chi connectivity index (χ1) is 5.95. The molecular formula is C7H6Cl4NSi. The van der Waals surface area contributed by atoms with Crippen LogP contribution in [0.15, 0.2) is 0 Å². The minimum atomic E-state index is -0.789. The van der Waals surface area contributed by atoms with E-state index < -0.39 is 8.80 Å².